The Hall–Kier alpha value is -0.690. The smallest absolute Gasteiger partial charge is 0.323 e. The van der Waals surface area contributed by atoms with Gasteiger partial charge in [0.25, 0.3) is 0 Å². The van der Waals surface area contributed by atoms with Crippen molar-refractivity contribution in [3.8, 4) is 0 Å². The second kappa shape index (κ2) is 13.0. The van der Waals surface area contributed by atoms with Crippen LogP contribution in [0, 0.1) is 0 Å². The highest BCUT2D eigenvalue weighted by atomic mass is 16.5. The summed E-state index contributed by atoms with van der Waals surface area (Å²) >= 11 is 0. The molecular weight excluding hydrogens is 274 g/mol. The molecule has 6 nitrogen and oxygen atoms in total. The fourth-order valence-electron chi connectivity index (χ4n) is 2.03. The van der Waals surface area contributed by atoms with Crippen LogP contribution in [0.4, 0.5) is 0 Å². The minimum atomic E-state index is -0.825. The minimum Gasteiger partial charge on any atom is -0.480 e. The largest absolute Gasteiger partial charge is 0.480 e. The Labute approximate surface area is 128 Å². The number of carboxylic acids is 1. The topological polar surface area (TPSA) is 77.0 Å². The highest BCUT2D eigenvalue weighted by Crippen LogP contribution is 2.18. The molecule has 0 fully saturated rings. The lowest BCUT2D eigenvalue weighted by Crippen LogP contribution is -2.52. The van der Waals surface area contributed by atoms with Gasteiger partial charge in [-0.15, -0.1) is 0 Å². The van der Waals surface area contributed by atoms with Gasteiger partial charge >= 0.3 is 5.97 Å². The van der Waals surface area contributed by atoms with Crippen molar-refractivity contribution in [2.45, 2.75) is 45.1 Å². The number of carboxylic acid groups (broad SMARTS) is 1. The number of aliphatic carboxylic acids is 1. The van der Waals surface area contributed by atoms with Crippen LogP contribution < -0.4 is 5.32 Å². The van der Waals surface area contributed by atoms with Gasteiger partial charge in [-0.2, -0.15) is 0 Å². The standard InChI is InChI=1S/C15H31NO5/c1-4-8-16-15(5-2,14(17)18)7-6-9-20-12-13-21-11-10-19-3/h16H,4-13H2,1-3H3,(H,17,18). The first kappa shape index (κ1) is 20.3. The van der Waals surface area contributed by atoms with Crippen LogP contribution in [0.5, 0.6) is 0 Å². The van der Waals surface area contributed by atoms with Crippen LogP contribution in [0.1, 0.15) is 39.5 Å². The highest BCUT2D eigenvalue weighted by Gasteiger charge is 2.35. The number of hydrogen-bond donors (Lipinski definition) is 2. The maximum Gasteiger partial charge on any atom is 0.323 e. The summed E-state index contributed by atoms with van der Waals surface area (Å²) in [5, 5.41) is 12.6. The van der Waals surface area contributed by atoms with Crippen LogP contribution in [-0.4, -0.2) is 63.3 Å². The normalized spacial score (nSPS) is 14.0. The summed E-state index contributed by atoms with van der Waals surface area (Å²) in [6.45, 7) is 7.42. The molecule has 0 aromatic rings. The molecule has 0 spiro atoms. The molecule has 0 aromatic heterocycles. The summed E-state index contributed by atoms with van der Waals surface area (Å²) in [5.74, 6) is -0.777. The van der Waals surface area contributed by atoms with Crippen LogP contribution >= 0.6 is 0 Å². The van der Waals surface area contributed by atoms with Gasteiger partial charge in [0.05, 0.1) is 26.4 Å². The molecule has 126 valence electrons. The van der Waals surface area contributed by atoms with Crippen molar-refractivity contribution < 1.29 is 24.1 Å². The zero-order valence-electron chi connectivity index (χ0n) is 13.7. The van der Waals surface area contributed by atoms with Gasteiger partial charge in [0.15, 0.2) is 0 Å². The van der Waals surface area contributed by atoms with Gasteiger partial charge in [-0.3, -0.25) is 4.79 Å². The van der Waals surface area contributed by atoms with Gasteiger partial charge in [0.1, 0.15) is 5.54 Å². The first-order chi connectivity index (χ1) is 10.1. The van der Waals surface area contributed by atoms with Crippen molar-refractivity contribution >= 4 is 5.97 Å². The summed E-state index contributed by atoms with van der Waals surface area (Å²) in [4.78, 5) is 11.5. The van der Waals surface area contributed by atoms with Gasteiger partial charge in [-0.05, 0) is 32.2 Å². The van der Waals surface area contributed by atoms with E-state index in [0.717, 1.165) is 12.8 Å². The van der Waals surface area contributed by atoms with Gasteiger partial charge in [0, 0.05) is 13.7 Å². The van der Waals surface area contributed by atoms with Crippen LogP contribution in [0.25, 0.3) is 0 Å². The van der Waals surface area contributed by atoms with Crippen molar-refractivity contribution in [2.75, 3.05) is 46.7 Å². The average molecular weight is 305 g/mol. The van der Waals surface area contributed by atoms with E-state index in [-0.39, 0.29) is 0 Å². The van der Waals surface area contributed by atoms with E-state index >= 15 is 0 Å². The molecule has 0 saturated heterocycles. The lowest BCUT2D eigenvalue weighted by molar-refractivity contribution is -0.145. The van der Waals surface area contributed by atoms with Crippen LogP contribution in [0.3, 0.4) is 0 Å². The molecule has 2 N–H and O–H groups in total. The number of ether oxygens (including phenoxy) is 3. The highest BCUT2D eigenvalue weighted by molar-refractivity contribution is 5.78. The average Bonchev–Trinajstić information content (AvgIpc) is 2.48. The third kappa shape index (κ3) is 9.03. The molecular formula is C15H31NO5. The summed E-state index contributed by atoms with van der Waals surface area (Å²) in [6, 6.07) is 0. The zero-order chi connectivity index (χ0) is 16.0. The molecule has 0 rings (SSSR count). The quantitative estimate of drug-likeness (QED) is 0.448. The van der Waals surface area contributed by atoms with Crippen molar-refractivity contribution in [1.82, 2.24) is 5.32 Å². The molecule has 0 radical (unpaired) electrons. The van der Waals surface area contributed by atoms with Crippen molar-refractivity contribution in [2.24, 2.45) is 0 Å². The van der Waals surface area contributed by atoms with Gasteiger partial charge in [-0.1, -0.05) is 13.8 Å². The summed E-state index contributed by atoms with van der Waals surface area (Å²) in [6.07, 6.45) is 2.78. The molecule has 0 aromatic carbocycles. The Balaban J connectivity index is 3.80. The number of rotatable bonds is 15. The Morgan fingerprint density at radius 3 is 2.24 bits per heavy atom. The predicted molar refractivity (Wildman–Crippen MR) is 81.7 cm³/mol. The Morgan fingerprint density at radius 1 is 1.10 bits per heavy atom. The zero-order valence-corrected chi connectivity index (χ0v) is 13.7. The van der Waals surface area contributed by atoms with Crippen LogP contribution in [0.15, 0.2) is 0 Å². The number of nitrogens with one attached hydrogen (secondary N) is 1. The maximum atomic E-state index is 11.5. The van der Waals surface area contributed by atoms with E-state index in [1.165, 1.54) is 0 Å². The molecule has 1 atom stereocenters. The maximum absolute atomic E-state index is 11.5. The fourth-order valence-corrected chi connectivity index (χ4v) is 2.03. The molecule has 0 aliphatic rings. The van der Waals surface area contributed by atoms with Gasteiger partial charge < -0.3 is 24.6 Å². The first-order valence-electron chi connectivity index (χ1n) is 7.75. The van der Waals surface area contributed by atoms with E-state index in [1.54, 1.807) is 7.11 Å². The third-order valence-electron chi connectivity index (χ3n) is 3.42. The summed E-state index contributed by atoms with van der Waals surface area (Å²) in [7, 11) is 1.63. The minimum absolute atomic E-state index is 0.526. The Kier molecular flexibility index (Phi) is 12.6. The second-order valence-corrected chi connectivity index (χ2v) is 4.99. The van der Waals surface area contributed by atoms with E-state index < -0.39 is 11.5 Å². The van der Waals surface area contributed by atoms with Crippen molar-refractivity contribution in [3.05, 3.63) is 0 Å². The van der Waals surface area contributed by atoms with Gasteiger partial charge in [-0.25, -0.2) is 0 Å². The van der Waals surface area contributed by atoms with E-state index in [9.17, 15) is 9.90 Å². The second-order valence-electron chi connectivity index (χ2n) is 4.99. The SMILES string of the molecule is CCCNC(CC)(CCCOCCOCCOC)C(=O)O. The van der Waals surface area contributed by atoms with Gasteiger partial charge in [0.2, 0.25) is 0 Å². The van der Waals surface area contributed by atoms with E-state index in [4.69, 9.17) is 14.2 Å². The van der Waals surface area contributed by atoms with Crippen molar-refractivity contribution in [3.63, 3.8) is 0 Å². The molecule has 0 heterocycles. The predicted octanol–water partition coefficient (Wildman–Crippen LogP) is 1.68. The summed E-state index contributed by atoms with van der Waals surface area (Å²) < 4.78 is 15.6. The number of hydrogen-bond acceptors (Lipinski definition) is 5. The molecule has 6 heteroatoms. The lowest BCUT2D eigenvalue weighted by atomic mass is 9.90. The fraction of sp³-hybridized carbons (Fsp3) is 0.933. The molecule has 0 aliphatic carbocycles. The number of methoxy groups -OCH3 is 1. The lowest BCUT2D eigenvalue weighted by Gasteiger charge is -2.29. The molecule has 1 unspecified atom stereocenters. The molecule has 0 aliphatic heterocycles. The van der Waals surface area contributed by atoms with Crippen molar-refractivity contribution in [1.29, 1.82) is 0 Å². The molecule has 21 heavy (non-hydrogen) atoms. The van der Waals surface area contributed by atoms with Crippen LogP contribution in [0.2, 0.25) is 0 Å². The Bertz CT molecular complexity index is 262. The third-order valence-corrected chi connectivity index (χ3v) is 3.42. The first-order valence-corrected chi connectivity index (χ1v) is 7.75. The number of carbonyl (C=O) groups is 1. The summed E-state index contributed by atoms with van der Waals surface area (Å²) in [5.41, 5.74) is -0.825. The molecule has 0 bridgehead atoms. The van der Waals surface area contributed by atoms with Crippen LogP contribution in [-0.2, 0) is 19.0 Å². The van der Waals surface area contributed by atoms with E-state index in [1.807, 2.05) is 13.8 Å². The molecule has 0 amide bonds. The monoisotopic (exact) mass is 305 g/mol. The van der Waals surface area contributed by atoms with E-state index in [2.05, 4.69) is 5.32 Å². The Morgan fingerprint density at radius 2 is 1.71 bits per heavy atom. The van der Waals surface area contributed by atoms with E-state index in [0.29, 0.717) is 52.4 Å². The molecule has 0 saturated carbocycles.